The first-order valence-corrected chi connectivity index (χ1v) is 9.13. The Balaban J connectivity index is 1.99. The smallest absolute Gasteiger partial charge is 0.240 e. The molecule has 130 valence electrons. The maximum Gasteiger partial charge on any atom is 0.240 e. The van der Waals surface area contributed by atoms with Crippen molar-refractivity contribution in [3.63, 3.8) is 0 Å². The van der Waals surface area contributed by atoms with Crippen LogP contribution in [-0.2, 0) is 4.79 Å². The van der Waals surface area contributed by atoms with Gasteiger partial charge in [0, 0.05) is 13.1 Å². The van der Waals surface area contributed by atoms with E-state index in [4.69, 9.17) is 11.0 Å². The first-order valence-electron chi connectivity index (χ1n) is 8.25. The van der Waals surface area contributed by atoms with Gasteiger partial charge in [-0.15, -0.1) is 0 Å². The maximum absolute atomic E-state index is 13.1. The number of anilines is 1. The van der Waals surface area contributed by atoms with Crippen LogP contribution in [0.2, 0.25) is 0 Å². The first kappa shape index (κ1) is 17.8. The summed E-state index contributed by atoms with van der Waals surface area (Å²) < 4.78 is 0. The van der Waals surface area contributed by atoms with E-state index in [2.05, 4.69) is 4.98 Å². The molecule has 0 aliphatic carbocycles. The standard InChI is InChI=1S/C19H17N5OS/c20-11-14-10-15(12-21)18(23-17(14)22)26-16(13-6-2-1-3-7-13)19(25)24-8-4-5-9-24/h1-3,6-7,10,16H,4-5,8-9H2,(H2,22,23)/t16-/m0/s1. The summed E-state index contributed by atoms with van der Waals surface area (Å²) in [5.41, 5.74) is 7.07. The summed E-state index contributed by atoms with van der Waals surface area (Å²) in [6.07, 6.45) is 2.01. The maximum atomic E-state index is 13.1. The fourth-order valence-corrected chi connectivity index (χ4v) is 4.02. The van der Waals surface area contributed by atoms with E-state index in [-0.39, 0.29) is 22.9 Å². The second-order valence-corrected chi connectivity index (χ2v) is 7.03. The number of benzene rings is 1. The molecule has 6 nitrogen and oxygen atoms in total. The largest absolute Gasteiger partial charge is 0.383 e. The van der Waals surface area contributed by atoms with Crippen molar-refractivity contribution in [1.29, 1.82) is 10.5 Å². The van der Waals surface area contributed by atoms with Gasteiger partial charge in [-0.3, -0.25) is 4.79 Å². The molecule has 1 fully saturated rings. The number of aromatic nitrogens is 1. The molecule has 1 aliphatic rings. The molecule has 7 heteroatoms. The quantitative estimate of drug-likeness (QED) is 0.837. The molecule has 0 spiro atoms. The second kappa shape index (κ2) is 7.90. The van der Waals surface area contributed by atoms with E-state index >= 15 is 0 Å². The third-order valence-electron chi connectivity index (χ3n) is 4.23. The van der Waals surface area contributed by atoms with Crippen LogP contribution < -0.4 is 5.73 Å². The average molecular weight is 363 g/mol. The Bertz CT molecular complexity index is 895. The molecule has 0 unspecified atom stereocenters. The second-order valence-electron chi connectivity index (χ2n) is 5.94. The molecular formula is C19H17N5OS. The van der Waals surface area contributed by atoms with Crippen LogP contribution in [-0.4, -0.2) is 28.9 Å². The Kier molecular flexibility index (Phi) is 5.40. The van der Waals surface area contributed by atoms with Gasteiger partial charge in [-0.2, -0.15) is 10.5 Å². The Morgan fingerprint density at radius 2 is 1.81 bits per heavy atom. The lowest BCUT2D eigenvalue weighted by molar-refractivity contribution is -0.129. The van der Waals surface area contributed by atoms with Gasteiger partial charge >= 0.3 is 0 Å². The highest BCUT2D eigenvalue weighted by molar-refractivity contribution is 8.00. The van der Waals surface area contributed by atoms with Crippen LogP contribution in [0.15, 0.2) is 41.4 Å². The number of pyridine rings is 1. The van der Waals surface area contributed by atoms with Crippen molar-refractivity contribution in [2.45, 2.75) is 23.1 Å². The van der Waals surface area contributed by atoms with Gasteiger partial charge in [0.15, 0.2) is 0 Å². The van der Waals surface area contributed by atoms with Gasteiger partial charge in [0.2, 0.25) is 5.91 Å². The van der Waals surface area contributed by atoms with Crippen LogP contribution in [0.5, 0.6) is 0 Å². The predicted octanol–water partition coefficient (Wildman–Crippen LogP) is 2.86. The highest BCUT2D eigenvalue weighted by Crippen LogP contribution is 2.38. The lowest BCUT2D eigenvalue weighted by Crippen LogP contribution is -2.31. The van der Waals surface area contributed by atoms with Crippen LogP contribution >= 0.6 is 11.8 Å². The average Bonchev–Trinajstić information content (AvgIpc) is 3.21. The van der Waals surface area contributed by atoms with Crippen LogP contribution in [0.3, 0.4) is 0 Å². The molecule has 1 saturated heterocycles. The van der Waals surface area contributed by atoms with E-state index in [1.807, 2.05) is 47.4 Å². The van der Waals surface area contributed by atoms with Crippen LogP contribution in [0.1, 0.15) is 34.8 Å². The molecule has 1 aromatic carbocycles. The molecule has 2 N–H and O–H groups in total. The Morgan fingerprint density at radius 3 is 2.42 bits per heavy atom. The summed E-state index contributed by atoms with van der Waals surface area (Å²) in [7, 11) is 0. The highest BCUT2D eigenvalue weighted by atomic mass is 32.2. The summed E-state index contributed by atoms with van der Waals surface area (Å²) in [4.78, 5) is 19.1. The Labute approximate surface area is 156 Å². The summed E-state index contributed by atoms with van der Waals surface area (Å²) in [5.74, 6) is 0.0711. The van der Waals surface area contributed by atoms with Gasteiger partial charge in [-0.25, -0.2) is 4.98 Å². The van der Waals surface area contributed by atoms with E-state index in [0.29, 0.717) is 5.03 Å². The number of rotatable bonds is 4. The molecule has 0 bridgehead atoms. The van der Waals surface area contributed by atoms with Gasteiger partial charge in [-0.1, -0.05) is 42.1 Å². The predicted molar refractivity (Wildman–Crippen MR) is 98.9 cm³/mol. The Morgan fingerprint density at radius 1 is 1.15 bits per heavy atom. The third kappa shape index (κ3) is 3.63. The molecule has 2 aromatic rings. The molecular weight excluding hydrogens is 346 g/mol. The molecule has 26 heavy (non-hydrogen) atoms. The first-order chi connectivity index (χ1) is 12.6. The minimum atomic E-state index is -0.513. The van der Waals surface area contributed by atoms with Crippen molar-refractivity contribution < 1.29 is 4.79 Å². The van der Waals surface area contributed by atoms with Gasteiger partial charge in [0.05, 0.1) is 11.1 Å². The number of thioether (sulfide) groups is 1. The normalized spacial score (nSPS) is 14.5. The zero-order valence-corrected chi connectivity index (χ0v) is 14.9. The lowest BCUT2D eigenvalue weighted by atomic mass is 10.1. The number of hydrogen-bond donors (Lipinski definition) is 1. The van der Waals surface area contributed by atoms with Crippen molar-refractivity contribution >= 4 is 23.5 Å². The van der Waals surface area contributed by atoms with Crippen molar-refractivity contribution in [2.24, 2.45) is 0 Å². The summed E-state index contributed by atoms with van der Waals surface area (Å²) in [6.45, 7) is 1.49. The van der Waals surface area contributed by atoms with Gasteiger partial charge < -0.3 is 10.6 Å². The number of nitrogens with zero attached hydrogens (tertiary/aromatic N) is 4. The molecule has 1 aromatic heterocycles. The lowest BCUT2D eigenvalue weighted by Gasteiger charge is -2.23. The van der Waals surface area contributed by atoms with E-state index in [0.717, 1.165) is 31.5 Å². The number of carbonyl (C=O) groups is 1. The minimum absolute atomic E-state index is 0.00678. The number of likely N-dealkylation sites (tertiary alicyclic amines) is 1. The van der Waals surface area contributed by atoms with E-state index in [1.54, 1.807) is 0 Å². The van der Waals surface area contributed by atoms with E-state index < -0.39 is 5.25 Å². The molecule has 1 atom stereocenters. The number of carbonyl (C=O) groups excluding carboxylic acids is 1. The molecule has 2 heterocycles. The zero-order valence-electron chi connectivity index (χ0n) is 14.1. The fourth-order valence-electron chi connectivity index (χ4n) is 2.87. The van der Waals surface area contributed by atoms with Gasteiger partial charge in [0.25, 0.3) is 0 Å². The minimum Gasteiger partial charge on any atom is -0.383 e. The third-order valence-corrected chi connectivity index (χ3v) is 5.48. The van der Waals surface area contributed by atoms with E-state index in [9.17, 15) is 10.1 Å². The van der Waals surface area contributed by atoms with Crippen molar-refractivity contribution in [3.8, 4) is 12.1 Å². The monoisotopic (exact) mass is 363 g/mol. The Hall–Kier alpha value is -3.03. The summed E-state index contributed by atoms with van der Waals surface area (Å²) in [6, 6.07) is 14.8. The molecule has 0 radical (unpaired) electrons. The number of nitriles is 2. The number of hydrogen-bond acceptors (Lipinski definition) is 6. The number of amides is 1. The number of nitrogens with two attached hydrogens (primary N) is 1. The topological polar surface area (TPSA) is 107 Å². The van der Waals surface area contributed by atoms with Crippen molar-refractivity contribution in [1.82, 2.24) is 9.88 Å². The van der Waals surface area contributed by atoms with Crippen molar-refractivity contribution in [2.75, 3.05) is 18.8 Å². The van der Waals surface area contributed by atoms with Crippen LogP contribution in [0, 0.1) is 22.7 Å². The molecule has 0 saturated carbocycles. The number of nitrogen functional groups attached to an aromatic ring is 1. The van der Waals surface area contributed by atoms with Gasteiger partial charge in [0.1, 0.15) is 28.2 Å². The molecule has 1 aliphatic heterocycles. The SMILES string of the molecule is N#Cc1cc(C#N)c(S[C@H](C(=O)N2CCCC2)c2ccccc2)nc1N. The summed E-state index contributed by atoms with van der Waals surface area (Å²) in [5, 5.41) is 18.3. The fraction of sp³-hybridized carbons (Fsp3) is 0.263. The molecule has 3 rings (SSSR count). The molecule has 1 amide bonds. The van der Waals surface area contributed by atoms with Crippen LogP contribution in [0.25, 0.3) is 0 Å². The summed E-state index contributed by atoms with van der Waals surface area (Å²) >= 11 is 1.21. The van der Waals surface area contributed by atoms with E-state index in [1.165, 1.54) is 17.8 Å². The van der Waals surface area contributed by atoms with Crippen LogP contribution in [0.4, 0.5) is 5.82 Å². The highest BCUT2D eigenvalue weighted by Gasteiger charge is 2.30. The zero-order chi connectivity index (χ0) is 18.5. The van der Waals surface area contributed by atoms with Gasteiger partial charge in [-0.05, 0) is 24.5 Å². The van der Waals surface area contributed by atoms with Crippen molar-refractivity contribution in [3.05, 3.63) is 53.1 Å².